The van der Waals surface area contributed by atoms with Crippen LogP contribution in [0.5, 0.6) is 0 Å². The molecule has 0 spiro atoms. The molecule has 1 aromatic rings. The van der Waals surface area contributed by atoms with Crippen LogP contribution in [0.1, 0.15) is 12.1 Å². The van der Waals surface area contributed by atoms with Gasteiger partial charge in [-0.25, -0.2) is 9.59 Å². The van der Waals surface area contributed by atoms with Crippen molar-refractivity contribution < 1.29 is 19.8 Å². The van der Waals surface area contributed by atoms with Crippen molar-refractivity contribution in [3.05, 3.63) is 34.6 Å². The van der Waals surface area contributed by atoms with Crippen molar-refractivity contribution in [3.8, 4) is 0 Å². The third kappa shape index (κ3) is 6.37. The minimum Gasteiger partial charge on any atom is -0.478 e. The van der Waals surface area contributed by atoms with Gasteiger partial charge >= 0.3 is 11.9 Å². The van der Waals surface area contributed by atoms with Crippen molar-refractivity contribution in [1.29, 1.82) is 0 Å². The molecule has 114 valence electrons. The predicted octanol–water partition coefficient (Wildman–Crippen LogP) is 1.60. The zero-order chi connectivity index (χ0) is 15.8. The Morgan fingerprint density at radius 2 is 2.00 bits per heavy atom. The maximum atomic E-state index is 9.55. The van der Waals surface area contributed by atoms with E-state index in [4.69, 9.17) is 10.2 Å². The van der Waals surface area contributed by atoms with Crippen LogP contribution in [0, 0.1) is 0 Å². The molecule has 2 heterocycles. The lowest BCUT2D eigenvalue weighted by atomic mass is 10.1. The summed E-state index contributed by atoms with van der Waals surface area (Å²) in [6.45, 7) is 2.15. The Morgan fingerprint density at radius 3 is 2.43 bits per heavy atom. The van der Waals surface area contributed by atoms with Crippen LogP contribution in [0.25, 0.3) is 5.57 Å². The highest BCUT2D eigenvalue weighted by Crippen LogP contribution is 2.24. The van der Waals surface area contributed by atoms with Gasteiger partial charge in [-0.3, -0.25) is 5.10 Å². The number of aromatic nitrogens is 2. The number of nitrogens with zero attached hydrogens (tertiary/aromatic N) is 2. The molecule has 0 unspecified atom stereocenters. The van der Waals surface area contributed by atoms with Gasteiger partial charge in [0.15, 0.2) is 0 Å². The average Bonchev–Trinajstić information content (AvgIpc) is 2.83. The summed E-state index contributed by atoms with van der Waals surface area (Å²) in [4.78, 5) is 21.4. The second-order valence-electron chi connectivity index (χ2n) is 4.36. The van der Waals surface area contributed by atoms with Crippen molar-refractivity contribution in [2.75, 3.05) is 20.1 Å². The van der Waals surface area contributed by atoms with Crippen LogP contribution in [-0.4, -0.2) is 57.4 Å². The summed E-state index contributed by atoms with van der Waals surface area (Å²) >= 11 is 3.47. The lowest BCUT2D eigenvalue weighted by Crippen LogP contribution is -2.25. The molecule has 0 aliphatic carbocycles. The summed E-state index contributed by atoms with van der Waals surface area (Å²) in [5, 5.41) is 22.6. The van der Waals surface area contributed by atoms with Crippen molar-refractivity contribution >= 4 is 33.4 Å². The number of rotatable bonds is 3. The van der Waals surface area contributed by atoms with E-state index in [1.165, 1.54) is 5.57 Å². The van der Waals surface area contributed by atoms with Crippen molar-refractivity contribution in [2.45, 2.75) is 6.42 Å². The highest BCUT2D eigenvalue weighted by molar-refractivity contribution is 9.10. The zero-order valence-corrected chi connectivity index (χ0v) is 13.0. The van der Waals surface area contributed by atoms with E-state index in [0.717, 1.165) is 29.7 Å². The summed E-state index contributed by atoms with van der Waals surface area (Å²) in [5.41, 5.74) is 2.45. The summed E-state index contributed by atoms with van der Waals surface area (Å²) in [5.74, 6) is -2.51. The zero-order valence-electron chi connectivity index (χ0n) is 11.4. The van der Waals surface area contributed by atoms with Crippen LogP contribution in [0.2, 0.25) is 0 Å². The summed E-state index contributed by atoms with van der Waals surface area (Å²) in [6, 6.07) is 0. The van der Waals surface area contributed by atoms with Gasteiger partial charge in [-0.05, 0) is 35.0 Å². The molecule has 1 aliphatic heterocycles. The minimum atomic E-state index is -1.26. The molecule has 2 rings (SSSR count). The average molecular weight is 358 g/mol. The molecule has 1 aromatic heterocycles. The van der Waals surface area contributed by atoms with Gasteiger partial charge in [-0.1, -0.05) is 6.08 Å². The molecule has 0 saturated heterocycles. The lowest BCUT2D eigenvalue weighted by molar-refractivity contribution is -0.134. The highest BCUT2D eigenvalue weighted by atomic mass is 79.9. The second kappa shape index (κ2) is 8.38. The normalized spacial score (nSPS) is 15.2. The van der Waals surface area contributed by atoms with Crippen LogP contribution in [0.15, 0.2) is 28.9 Å². The monoisotopic (exact) mass is 357 g/mol. The molecule has 0 fully saturated rings. The molecular formula is C13H16BrN3O4. The van der Waals surface area contributed by atoms with Crippen molar-refractivity contribution in [1.82, 2.24) is 15.1 Å². The van der Waals surface area contributed by atoms with E-state index in [9.17, 15) is 9.59 Å². The number of likely N-dealkylation sites (N-methyl/N-ethyl adjacent to an activating group) is 1. The van der Waals surface area contributed by atoms with Crippen LogP contribution >= 0.6 is 15.9 Å². The van der Waals surface area contributed by atoms with Gasteiger partial charge in [0.25, 0.3) is 0 Å². The molecule has 0 saturated carbocycles. The van der Waals surface area contributed by atoms with Crippen LogP contribution in [-0.2, 0) is 9.59 Å². The van der Waals surface area contributed by atoms with Gasteiger partial charge in [0.1, 0.15) is 0 Å². The molecule has 0 radical (unpaired) electrons. The predicted molar refractivity (Wildman–Crippen MR) is 80.8 cm³/mol. The van der Waals surface area contributed by atoms with Crippen LogP contribution in [0.4, 0.5) is 0 Å². The molecule has 0 atom stereocenters. The number of H-pyrrole nitrogens is 1. The number of hydrogen-bond acceptors (Lipinski definition) is 4. The summed E-state index contributed by atoms with van der Waals surface area (Å²) in [6.07, 6.45) is 6.31. The van der Waals surface area contributed by atoms with E-state index < -0.39 is 11.9 Å². The van der Waals surface area contributed by atoms with Gasteiger partial charge in [-0.2, -0.15) is 5.10 Å². The number of carboxylic acids is 2. The first-order valence-electron chi connectivity index (χ1n) is 6.11. The number of aromatic amines is 1. The Kier molecular flexibility index (Phi) is 6.83. The number of carbonyl (C=O) groups is 2. The molecule has 0 amide bonds. The number of hydrogen-bond donors (Lipinski definition) is 3. The van der Waals surface area contributed by atoms with E-state index in [1.807, 2.05) is 0 Å². The van der Waals surface area contributed by atoms with Crippen molar-refractivity contribution in [2.24, 2.45) is 0 Å². The Labute approximate surface area is 130 Å². The number of halogens is 1. The Morgan fingerprint density at radius 1 is 1.38 bits per heavy atom. The van der Waals surface area contributed by atoms with Crippen LogP contribution < -0.4 is 0 Å². The molecule has 8 heteroatoms. The first-order valence-corrected chi connectivity index (χ1v) is 6.90. The SMILES string of the molecule is CN1CCC=C(c2[nH]ncc2Br)C1.O=C(O)/C=C/C(=O)O. The smallest absolute Gasteiger partial charge is 0.328 e. The molecule has 0 bridgehead atoms. The third-order valence-electron chi connectivity index (χ3n) is 2.62. The van der Waals surface area contributed by atoms with E-state index in [1.54, 1.807) is 6.20 Å². The van der Waals surface area contributed by atoms with Gasteiger partial charge < -0.3 is 15.1 Å². The number of carboxylic acid groups (broad SMARTS) is 2. The van der Waals surface area contributed by atoms with Gasteiger partial charge in [-0.15, -0.1) is 0 Å². The molecular weight excluding hydrogens is 342 g/mol. The van der Waals surface area contributed by atoms with Crippen molar-refractivity contribution in [3.63, 3.8) is 0 Å². The minimum absolute atomic E-state index is 0.558. The van der Waals surface area contributed by atoms with Gasteiger partial charge in [0.05, 0.1) is 16.4 Å². The van der Waals surface area contributed by atoms with E-state index in [0.29, 0.717) is 12.2 Å². The van der Waals surface area contributed by atoms with Gasteiger partial charge in [0, 0.05) is 25.2 Å². The Hall–Kier alpha value is -1.93. The lowest BCUT2D eigenvalue weighted by Gasteiger charge is -2.22. The largest absolute Gasteiger partial charge is 0.478 e. The summed E-state index contributed by atoms with van der Waals surface area (Å²) < 4.78 is 1.05. The molecule has 21 heavy (non-hydrogen) atoms. The third-order valence-corrected chi connectivity index (χ3v) is 3.23. The van der Waals surface area contributed by atoms with E-state index >= 15 is 0 Å². The standard InChI is InChI=1S/C9H12BrN3.C4H4O4/c1-13-4-2-3-7(6-13)9-8(10)5-11-12-9;5-3(6)1-2-4(7)8/h3,5H,2,4,6H2,1H3,(H,11,12);1-2H,(H,5,6)(H,7,8)/b;2-1+. The Balaban J connectivity index is 0.000000240. The maximum Gasteiger partial charge on any atom is 0.328 e. The topological polar surface area (TPSA) is 107 Å². The first-order chi connectivity index (χ1) is 9.90. The van der Waals surface area contributed by atoms with Crippen LogP contribution in [0.3, 0.4) is 0 Å². The van der Waals surface area contributed by atoms with E-state index in [-0.39, 0.29) is 0 Å². The Bertz CT molecular complexity index is 550. The highest BCUT2D eigenvalue weighted by Gasteiger charge is 2.13. The maximum absolute atomic E-state index is 9.55. The fraction of sp³-hybridized carbons (Fsp3) is 0.308. The molecule has 0 aromatic carbocycles. The summed E-state index contributed by atoms with van der Waals surface area (Å²) in [7, 11) is 2.14. The van der Waals surface area contributed by atoms with E-state index in [2.05, 4.69) is 44.2 Å². The van der Waals surface area contributed by atoms with Gasteiger partial charge in [0.2, 0.25) is 0 Å². The fourth-order valence-corrected chi connectivity index (χ4v) is 2.16. The second-order valence-corrected chi connectivity index (χ2v) is 5.21. The number of nitrogens with one attached hydrogen (secondary N) is 1. The number of aliphatic carboxylic acids is 2. The molecule has 3 N–H and O–H groups in total. The molecule has 7 nitrogen and oxygen atoms in total. The quantitative estimate of drug-likeness (QED) is 0.709. The first kappa shape index (κ1) is 17.1. The molecule has 1 aliphatic rings. The fourth-order valence-electron chi connectivity index (χ4n) is 1.71.